The van der Waals surface area contributed by atoms with Crippen molar-refractivity contribution < 1.29 is 4.79 Å². The summed E-state index contributed by atoms with van der Waals surface area (Å²) < 4.78 is 0. The molecule has 1 aliphatic heterocycles. The predicted molar refractivity (Wildman–Crippen MR) is 125 cm³/mol. The first-order valence-corrected chi connectivity index (χ1v) is 11.9. The molecule has 2 rings (SSSR count). The molecule has 0 aromatic carbocycles. The lowest BCUT2D eigenvalue weighted by Crippen LogP contribution is -2.37. The summed E-state index contributed by atoms with van der Waals surface area (Å²) in [7, 11) is 4.40. The van der Waals surface area contributed by atoms with Gasteiger partial charge in [-0.2, -0.15) is 0 Å². The molecule has 1 fully saturated rings. The normalized spacial score (nSPS) is 18.1. The van der Waals surface area contributed by atoms with Crippen LogP contribution in [0.4, 0.5) is 0 Å². The number of carbonyl (C=O) groups excluding carboxylic acids is 1. The molecule has 2 heterocycles. The van der Waals surface area contributed by atoms with Crippen LogP contribution in [-0.4, -0.2) is 73.0 Å². The van der Waals surface area contributed by atoms with Crippen LogP contribution < -0.4 is 11.1 Å². The Morgan fingerprint density at radius 1 is 1.20 bits per heavy atom. The Balaban J connectivity index is 1.36. The number of unbranched alkanes of at least 4 members (excludes halogenated alkanes) is 7. The van der Waals surface area contributed by atoms with Crippen LogP contribution in [0.25, 0.3) is 0 Å². The maximum atomic E-state index is 12.0. The summed E-state index contributed by atoms with van der Waals surface area (Å²) >= 11 is 0. The number of carbonyl (C=O) groups is 1. The Hall–Kier alpha value is -1.50. The molecular formula is C24H43N5O. The van der Waals surface area contributed by atoms with Crippen LogP contribution in [0.3, 0.4) is 0 Å². The molecule has 3 N–H and O–H groups in total. The second-order valence-corrected chi connectivity index (χ2v) is 9.04. The van der Waals surface area contributed by atoms with E-state index in [4.69, 9.17) is 5.73 Å². The van der Waals surface area contributed by atoms with Crippen molar-refractivity contribution in [3.05, 3.63) is 30.1 Å². The Kier molecular flexibility index (Phi) is 12.0. The Morgan fingerprint density at radius 2 is 1.90 bits per heavy atom. The topological polar surface area (TPSA) is 74.5 Å². The highest BCUT2D eigenvalue weighted by atomic mass is 16.1. The number of likely N-dealkylation sites (tertiary alicyclic amines) is 1. The third-order valence-corrected chi connectivity index (χ3v) is 6.23. The smallest absolute Gasteiger partial charge is 0.252 e. The van der Waals surface area contributed by atoms with E-state index in [2.05, 4.69) is 34.2 Å². The summed E-state index contributed by atoms with van der Waals surface area (Å²) in [4.78, 5) is 20.9. The van der Waals surface area contributed by atoms with Gasteiger partial charge in [0.2, 0.25) is 0 Å². The monoisotopic (exact) mass is 417 g/mol. The summed E-state index contributed by atoms with van der Waals surface area (Å²) in [6, 6.07) is 4.32. The largest absolute Gasteiger partial charge is 0.350 e. The fourth-order valence-electron chi connectivity index (χ4n) is 4.16. The van der Waals surface area contributed by atoms with Gasteiger partial charge in [-0.15, -0.1) is 0 Å². The highest BCUT2D eigenvalue weighted by Gasteiger charge is 2.22. The zero-order valence-corrected chi connectivity index (χ0v) is 19.2. The van der Waals surface area contributed by atoms with Crippen molar-refractivity contribution in [3.8, 4) is 0 Å². The van der Waals surface area contributed by atoms with Crippen molar-refractivity contribution in [1.29, 1.82) is 0 Å². The van der Waals surface area contributed by atoms with E-state index in [1.54, 1.807) is 24.5 Å². The van der Waals surface area contributed by atoms with Crippen molar-refractivity contribution >= 4 is 5.91 Å². The van der Waals surface area contributed by atoms with Gasteiger partial charge in [0.05, 0.1) is 5.56 Å². The summed E-state index contributed by atoms with van der Waals surface area (Å²) in [6.45, 7) is 4.33. The van der Waals surface area contributed by atoms with Crippen LogP contribution in [0.15, 0.2) is 24.5 Å². The van der Waals surface area contributed by atoms with Gasteiger partial charge in [-0.25, -0.2) is 0 Å². The number of pyridine rings is 1. The SMILES string of the molecule is CN(C)C1CCN(CCCCCCCCCCC(N)CNC(=O)c2cccnc2)C1. The van der Waals surface area contributed by atoms with Crippen molar-refractivity contribution in [2.45, 2.75) is 76.3 Å². The van der Waals surface area contributed by atoms with Crippen LogP contribution in [-0.2, 0) is 0 Å². The van der Waals surface area contributed by atoms with Crippen LogP contribution in [0.2, 0.25) is 0 Å². The molecule has 0 aliphatic carbocycles. The lowest BCUT2D eigenvalue weighted by Gasteiger charge is -2.20. The first-order valence-electron chi connectivity index (χ1n) is 11.9. The zero-order chi connectivity index (χ0) is 21.6. The Morgan fingerprint density at radius 3 is 2.53 bits per heavy atom. The number of likely N-dealkylation sites (N-methyl/N-ethyl adjacent to an activating group) is 1. The van der Waals surface area contributed by atoms with Gasteiger partial charge in [0.15, 0.2) is 0 Å². The van der Waals surface area contributed by atoms with E-state index in [1.807, 2.05) is 0 Å². The number of aromatic nitrogens is 1. The van der Waals surface area contributed by atoms with Crippen LogP contribution in [0, 0.1) is 0 Å². The van der Waals surface area contributed by atoms with Crippen LogP contribution in [0.1, 0.15) is 74.6 Å². The molecule has 170 valence electrons. The van der Waals surface area contributed by atoms with E-state index in [1.165, 1.54) is 71.0 Å². The van der Waals surface area contributed by atoms with Crippen molar-refractivity contribution in [1.82, 2.24) is 20.1 Å². The van der Waals surface area contributed by atoms with E-state index < -0.39 is 0 Å². The predicted octanol–water partition coefficient (Wildman–Crippen LogP) is 3.29. The maximum absolute atomic E-state index is 12.0. The standard InChI is InChI=1S/C24H43N5O/c1-28(2)23-14-17-29(20-23)16-10-8-6-4-3-5-7-9-13-22(25)19-27-24(30)21-12-11-15-26-18-21/h11-12,15,18,22-23H,3-10,13-14,16-17,19-20,25H2,1-2H3,(H,27,30). The van der Waals surface area contributed by atoms with Crippen molar-refractivity contribution in [2.75, 3.05) is 40.3 Å². The third kappa shape index (κ3) is 10.0. The fraction of sp³-hybridized carbons (Fsp3) is 0.750. The lowest BCUT2D eigenvalue weighted by atomic mass is 10.0. The highest BCUT2D eigenvalue weighted by molar-refractivity contribution is 5.93. The number of hydrogen-bond acceptors (Lipinski definition) is 5. The van der Waals surface area contributed by atoms with E-state index >= 15 is 0 Å². The van der Waals surface area contributed by atoms with Crippen molar-refractivity contribution in [3.63, 3.8) is 0 Å². The molecule has 2 unspecified atom stereocenters. The Bertz CT molecular complexity index is 580. The summed E-state index contributed by atoms with van der Waals surface area (Å²) in [5.41, 5.74) is 6.72. The minimum absolute atomic E-state index is 0.0308. The highest BCUT2D eigenvalue weighted by Crippen LogP contribution is 2.15. The minimum Gasteiger partial charge on any atom is -0.350 e. The van der Waals surface area contributed by atoms with Gasteiger partial charge < -0.3 is 20.9 Å². The summed E-state index contributed by atoms with van der Waals surface area (Å²) in [6.07, 6.45) is 16.0. The maximum Gasteiger partial charge on any atom is 0.252 e. The number of amides is 1. The van der Waals surface area contributed by atoms with E-state index in [0.717, 1.165) is 18.9 Å². The summed E-state index contributed by atoms with van der Waals surface area (Å²) in [5, 5.41) is 2.90. The van der Waals surface area contributed by atoms with E-state index in [-0.39, 0.29) is 11.9 Å². The molecule has 6 heteroatoms. The van der Waals surface area contributed by atoms with Gasteiger partial charge in [0, 0.05) is 37.6 Å². The quantitative estimate of drug-likeness (QED) is 0.428. The van der Waals surface area contributed by atoms with Gasteiger partial charge in [0.25, 0.3) is 5.91 Å². The molecule has 1 amide bonds. The molecule has 0 radical (unpaired) electrons. The molecule has 1 aromatic heterocycles. The lowest BCUT2D eigenvalue weighted by molar-refractivity contribution is 0.0950. The van der Waals surface area contributed by atoms with Gasteiger partial charge >= 0.3 is 0 Å². The molecule has 1 saturated heterocycles. The van der Waals surface area contributed by atoms with Crippen LogP contribution in [0.5, 0.6) is 0 Å². The molecule has 0 saturated carbocycles. The number of nitrogens with two attached hydrogens (primary N) is 1. The minimum atomic E-state index is -0.0965. The molecule has 30 heavy (non-hydrogen) atoms. The number of nitrogens with one attached hydrogen (secondary N) is 1. The van der Waals surface area contributed by atoms with Gasteiger partial charge in [-0.1, -0.05) is 44.9 Å². The number of rotatable bonds is 15. The molecule has 6 nitrogen and oxygen atoms in total. The van der Waals surface area contributed by atoms with E-state index in [9.17, 15) is 4.79 Å². The number of nitrogens with zero attached hydrogens (tertiary/aromatic N) is 3. The van der Waals surface area contributed by atoms with Gasteiger partial charge in [0.1, 0.15) is 0 Å². The summed E-state index contributed by atoms with van der Waals surface area (Å²) in [5.74, 6) is -0.0965. The molecule has 0 spiro atoms. The first-order chi connectivity index (χ1) is 14.6. The van der Waals surface area contributed by atoms with Crippen LogP contribution >= 0.6 is 0 Å². The second-order valence-electron chi connectivity index (χ2n) is 9.04. The Labute approximate surface area is 183 Å². The van der Waals surface area contributed by atoms with E-state index in [0.29, 0.717) is 12.1 Å². The van der Waals surface area contributed by atoms with Gasteiger partial charge in [-0.3, -0.25) is 9.78 Å². The van der Waals surface area contributed by atoms with Gasteiger partial charge in [-0.05, 0) is 58.6 Å². The molecule has 1 aromatic rings. The second kappa shape index (κ2) is 14.5. The zero-order valence-electron chi connectivity index (χ0n) is 19.2. The number of hydrogen-bond donors (Lipinski definition) is 2. The molecule has 2 atom stereocenters. The molecule has 0 bridgehead atoms. The average Bonchev–Trinajstić information content (AvgIpc) is 3.23. The average molecular weight is 418 g/mol. The van der Waals surface area contributed by atoms with Crippen molar-refractivity contribution in [2.24, 2.45) is 5.73 Å². The first kappa shape index (κ1) is 24.8. The fourth-order valence-corrected chi connectivity index (χ4v) is 4.16. The third-order valence-electron chi connectivity index (χ3n) is 6.23. The molecular weight excluding hydrogens is 374 g/mol. The molecule has 1 aliphatic rings.